The molecule has 0 saturated carbocycles. The summed E-state index contributed by atoms with van der Waals surface area (Å²) < 4.78 is 7.34. The Labute approximate surface area is 97.2 Å². The van der Waals surface area contributed by atoms with Crippen LogP contribution in [-0.2, 0) is 18.2 Å². The number of nitrogens with zero attached hydrogens (tertiary/aromatic N) is 3. The second kappa shape index (κ2) is 6.60. The van der Waals surface area contributed by atoms with Gasteiger partial charge in [0, 0.05) is 32.3 Å². The highest BCUT2D eigenvalue weighted by Gasteiger charge is 2.18. The van der Waals surface area contributed by atoms with Crippen LogP contribution in [0.15, 0.2) is 6.20 Å². The van der Waals surface area contributed by atoms with Gasteiger partial charge in [-0.3, -0.25) is 4.68 Å². The van der Waals surface area contributed by atoms with E-state index in [9.17, 15) is 0 Å². The number of hydrogen-bond donors (Lipinski definition) is 1. The molecule has 5 heteroatoms. The Morgan fingerprint density at radius 2 is 2.25 bits per heavy atom. The zero-order valence-electron chi connectivity index (χ0n) is 10.6. The first kappa shape index (κ1) is 13.1. The summed E-state index contributed by atoms with van der Waals surface area (Å²) in [7, 11) is 1.88. The van der Waals surface area contributed by atoms with Gasteiger partial charge in [0.1, 0.15) is 0 Å². The van der Waals surface area contributed by atoms with Crippen LogP contribution in [0.2, 0.25) is 0 Å². The second-order valence-corrected chi connectivity index (χ2v) is 3.91. The summed E-state index contributed by atoms with van der Waals surface area (Å²) in [6.07, 6.45) is 2.98. The maximum Gasteiger partial charge on any atom is 0.0843 e. The van der Waals surface area contributed by atoms with Crippen molar-refractivity contribution in [2.24, 2.45) is 7.05 Å². The molecule has 1 heterocycles. The first-order chi connectivity index (χ1) is 7.67. The Kier molecular flexibility index (Phi) is 5.42. The van der Waals surface area contributed by atoms with Gasteiger partial charge in [-0.2, -0.15) is 0 Å². The topological polar surface area (TPSA) is 52.0 Å². The fourth-order valence-corrected chi connectivity index (χ4v) is 1.76. The molecule has 0 amide bonds. The van der Waals surface area contributed by atoms with Crippen LogP contribution in [0.3, 0.4) is 0 Å². The van der Waals surface area contributed by atoms with E-state index in [1.54, 1.807) is 4.68 Å². The van der Waals surface area contributed by atoms with Gasteiger partial charge in [-0.05, 0) is 20.4 Å². The van der Waals surface area contributed by atoms with Gasteiger partial charge >= 0.3 is 0 Å². The smallest absolute Gasteiger partial charge is 0.0843 e. The van der Waals surface area contributed by atoms with Crippen LogP contribution in [0.25, 0.3) is 0 Å². The van der Waals surface area contributed by atoms with Crippen molar-refractivity contribution in [2.75, 3.05) is 13.2 Å². The maximum absolute atomic E-state index is 5.62. The van der Waals surface area contributed by atoms with Crippen molar-refractivity contribution in [2.45, 2.75) is 39.3 Å². The van der Waals surface area contributed by atoms with E-state index in [0.717, 1.165) is 25.3 Å². The lowest BCUT2D eigenvalue weighted by Gasteiger charge is -2.23. The summed E-state index contributed by atoms with van der Waals surface area (Å²) >= 11 is 0. The average Bonchev–Trinajstić information content (AvgIpc) is 2.64. The predicted molar refractivity (Wildman–Crippen MR) is 63.3 cm³/mol. The van der Waals surface area contributed by atoms with Gasteiger partial charge in [0.2, 0.25) is 0 Å². The van der Waals surface area contributed by atoms with E-state index in [1.807, 2.05) is 20.2 Å². The summed E-state index contributed by atoms with van der Waals surface area (Å²) in [4.78, 5) is 0. The third kappa shape index (κ3) is 3.90. The maximum atomic E-state index is 5.62. The molecular formula is C11H22N4O. The van der Waals surface area contributed by atoms with E-state index in [0.29, 0.717) is 6.04 Å². The molecule has 0 aliphatic heterocycles. The van der Waals surface area contributed by atoms with Gasteiger partial charge in [0.15, 0.2) is 0 Å². The van der Waals surface area contributed by atoms with Crippen LogP contribution in [0.4, 0.5) is 0 Å². The zero-order chi connectivity index (χ0) is 12.0. The summed E-state index contributed by atoms with van der Waals surface area (Å²) in [5.74, 6) is 0. The Morgan fingerprint density at radius 3 is 2.75 bits per heavy atom. The molecule has 2 unspecified atom stereocenters. The minimum atomic E-state index is 0.187. The minimum absolute atomic E-state index is 0.187. The van der Waals surface area contributed by atoms with Crippen molar-refractivity contribution >= 4 is 0 Å². The largest absolute Gasteiger partial charge is 0.377 e. The molecule has 2 atom stereocenters. The molecule has 0 aliphatic carbocycles. The summed E-state index contributed by atoms with van der Waals surface area (Å²) in [5.41, 5.74) is 1.00. The number of ether oxygens (including phenoxy) is 1. The van der Waals surface area contributed by atoms with Crippen LogP contribution in [0.1, 0.15) is 26.5 Å². The molecule has 1 aromatic rings. The summed E-state index contributed by atoms with van der Waals surface area (Å²) in [6.45, 7) is 7.88. The van der Waals surface area contributed by atoms with Gasteiger partial charge in [-0.1, -0.05) is 12.1 Å². The third-order valence-corrected chi connectivity index (χ3v) is 2.54. The van der Waals surface area contributed by atoms with E-state index in [4.69, 9.17) is 4.74 Å². The van der Waals surface area contributed by atoms with Crippen LogP contribution >= 0.6 is 0 Å². The zero-order valence-corrected chi connectivity index (χ0v) is 10.6. The van der Waals surface area contributed by atoms with Crippen LogP contribution in [0.5, 0.6) is 0 Å². The number of rotatable bonds is 7. The molecule has 0 saturated heterocycles. The molecule has 0 bridgehead atoms. The van der Waals surface area contributed by atoms with E-state index in [-0.39, 0.29) is 6.10 Å². The van der Waals surface area contributed by atoms with Gasteiger partial charge in [-0.25, -0.2) is 0 Å². The van der Waals surface area contributed by atoms with Crippen LogP contribution < -0.4 is 5.32 Å². The molecule has 0 aliphatic rings. The molecule has 16 heavy (non-hydrogen) atoms. The summed E-state index contributed by atoms with van der Waals surface area (Å²) in [6, 6.07) is 0.293. The van der Waals surface area contributed by atoms with E-state index in [2.05, 4.69) is 29.5 Å². The first-order valence-corrected chi connectivity index (χ1v) is 5.87. The van der Waals surface area contributed by atoms with Crippen molar-refractivity contribution in [3.05, 3.63) is 11.9 Å². The molecule has 92 valence electrons. The number of aryl methyl sites for hydroxylation is 1. The highest BCUT2D eigenvalue weighted by atomic mass is 16.5. The van der Waals surface area contributed by atoms with Crippen LogP contribution in [0, 0.1) is 0 Å². The normalized spacial score (nSPS) is 15.0. The molecule has 1 rings (SSSR count). The van der Waals surface area contributed by atoms with E-state index in [1.165, 1.54) is 0 Å². The summed E-state index contributed by atoms with van der Waals surface area (Å²) in [5, 5.41) is 11.5. The Morgan fingerprint density at radius 1 is 1.50 bits per heavy atom. The van der Waals surface area contributed by atoms with Gasteiger partial charge in [-0.15, -0.1) is 5.10 Å². The van der Waals surface area contributed by atoms with Crippen molar-refractivity contribution in [1.29, 1.82) is 0 Å². The number of nitrogens with one attached hydrogen (secondary N) is 1. The molecule has 1 N–H and O–H groups in total. The molecule has 0 aromatic carbocycles. The Balaban J connectivity index is 2.56. The SMILES string of the molecule is CCNC(Cc1cn(C)nn1)C(C)OCC. The minimum Gasteiger partial charge on any atom is -0.377 e. The quantitative estimate of drug-likeness (QED) is 0.746. The Bertz CT molecular complexity index is 300. The van der Waals surface area contributed by atoms with Gasteiger partial charge in [0.05, 0.1) is 11.8 Å². The molecule has 0 fully saturated rings. The lowest BCUT2D eigenvalue weighted by atomic mass is 10.1. The number of likely N-dealkylation sites (N-methyl/N-ethyl adjacent to an activating group) is 1. The van der Waals surface area contributed by atoms with Crippen molar-refractivity contribution < 1.29 is 4.74 Å². The Hall–Kier alpha value is -0.940. The van der Waals surface area contributed by atoms with Crippen molar-refractivity contribution in [1.82, 2.24) is 20.3 Å². The molecule has 5 nitrogen and oxygen atoms in total. The van der Waals surface area contributed by atoms with Crippen molar-refractivity contribution in [3.63, 3.8) is 0 Å². The predicted octanol–water partition coefficient (Wildman–Crippen LogP) is 0.761. The number of aromatic nitrogens is 3. The monoisotopic (exact) mass is 226 g/mol. The van der Waals surface area contributed by atoms with Crippen molar-refractivity contribution in [3.8, 4) is 0 Å². The van der Waals surface area contributed by atoms with E-state index < -0.39 is 0 Å². The molecule has 0 radical (unpaired) electrons. The molecule has 0 spiro atoms. The fourth-order valence-electron chi connectivity index (χ4n) is 1.76. The highest BCUT2D eigenvalue weighted by Crippen LogP contribution is 2.06. The van der Waals surface area contributed by atoms with E-state index >= 15 is 0 Å². The fraction of sp³-hybridized carbons (Fsp3) is 0.818. The standard InChI is InChI=1S/C11H22N4O/c1-5-12-11(9(3)16-6-2)7-10-8-15(4)14-13-10/h8-9,11-12H,5-7H2,1-4H3. The lowest BCUT2D eigenvalue weighted by Crippen LogP contribution is -2.41. The second-order valence-electron chi connectivity index (χ2n) is 3.91. The first-order valence-electron chi connectivity index (χ1n) is 5.87. The lowest BCUT2D eigenvalue weighted by molar-refractivity contribution is 0.0478. The van der Waals surface area contributed by atoms with Crippen LogP contribution in [-0.4, -0.2) is 40.3 Å². The van der Waals surface area contributed by atoms with Gasteiger partial charge in [0.25, 0.3) is 0 Å². The van der Waals surface area contributed by atoms with Gasteiger partial charge < -0.3 is 10.1 Å². The third-order valence-electron chi connectivity index (χ3n) is 2.54. The average molecular weight is 226 g/mol. The molecular weight excluding hydrogens is 204 g/mol. The highest BCUT2D eigenvalue weighted by molar-refractivity contribution is 4.97. The molecule has 1 aromatic heterocycles. The number of hydrogen-bond acceptors (Lipinski definition) is 4.